The standard InChI is InChI=1S/C21H28N3O11P/c1-12(2)32-17(26)10-22-36(31,34-14-7-5-4-6-8-14)35-21(29,30)16-9-13(3)19(33-16)24-11-15(25)18(27)23-20(24)28/h4-8,11-13,16,19,25,29-30H,9-10H2,1-3H3,(H,22,31)(H,23,27,28). The smallest absolute Gasteiger partial charge is 0.463 e. The molecule has 2 heterocycles. The number of hydrogen-bond donors (Lipinski definition) is 5. The number of carbonyl (C=O) groups is 1. The van der Waals surface area contributed by atoms with Crippen LogP contribution < -0.4 is 20.9 Å². The topological polar surface area (TPSA) is 199 Å². The minimum absolute atomic E-state index is 0.0372. The van der Waals surface area contributed by atoms with E-state index in [4.69, 9.17) is 18.5 Å². The van der Waals surface area contributed by atoms with Crippen LogP contribution >= 0.6 is 7.75 Å². The molecule has 36 heavy (non-hydrogen) atoms. The third-order valence-corrected chi connectivity index (χ3v) is 6.53. The number of aromatic nitrogens is 2. The molecule has 1 fully saturated rings. The van der Waals surface area contributed by atoms with Gasteiger partial charge in [0.15, 0.2) is 5.75 Å². The Morgan fingerprint density at radius 1 is 1.31 bits per heavy atom. The van der Waals surface area contributed by atoms with Gasteiger partial charge in [0.2, 0.25) is 0 Å². The van der Waals surface area contributed by atoms with E-state index in [0.29, 0.717) is 0 Å². The predicted octanol–water partition coefficient (Wildman–Crippen LogP) is 0.549. The number of para-hydroxylation sites is 1. The summed E-state index contributed by atoms with van der Waals surface area (Å²) in [6.07, 6.45) is -2.41. The third kappa shape index (κ3) is 6.81. The monoisotopic (exact) mass is 529 g/mol. The lowest BCUT2D eigenvalue weighted by Gasteiger charge is -2.31. The molecular weight excluding hydrogens is 501 g/mol. The normalized spacial score (nSPS) is 21.8. The Kier molecular flexibility index (Phi) is 8.39. The molecule has 0 bridgehead atoms. The molecule has 1 aromatic heterocycles. The van der Waals surface area contributed by atoms with Crippen molar-refractivity contribution < 1.29 is 43.2 Å². The molecule has 1 aromatic carbocycles. The number of nitrogens with zero attached hydrogens (tertiary/aromatic N) is 1. The van der Waals surface area contributed by atoms with E-state index < -0.39 is 67.6 Å². The van der Waals surface area contributed by atoms with E-state index in [-0.39, 0.29) is 12.2 Å². The van der Waals surface area contributed by atoms with Crippen molar-refractivity contribution in [2.45, 2.75) is 51.6 Å². The van der Waals surface area contributed by atoms with Gasteiger partial charge >= 0.3 is 25.4 Å². The summed E-state index contributed by atoms with van der Waals surface area (Å²) < 4.78 is 35.3. The van der Waals surface area contributed by atoms with E-state index in [9.17, 15) is 34.3 Å². The van der Waals surface area contributed by atoms with E-state index in [2.05, 4.69) is 5.09 Å². The Morgan fingerprint density at radius 3 is 2.61 bits per heavy atom. The second-order valence-corrected chi connectivity index (χ2v) is 10.1. The van der Waals surface area contributed by atoms with Gasteiger partial charge in [0.05, 0.1) is 12.3 Å². The van der Waals surface area contributed by atoms with Crippen LogP contribution in [0.25, 0.3) is 0 Å². The van der Waals surface area contributed by atoms with Crippen molar-refractivity contribution in [2.24, 2.45) is 5.92 Å². The molecule has 4 atom stereocenters. The van der Waals surface area contributed by atoms with Crippen LogP contribution in [0.2, 0.25) is 0 Å². The minimum atomic E-state index is -4.63. The average Bonchev–Trinajstić information content (AvgIpc) is 3.17. The number of aliphatic hydroxyl groups is 2. The highest BCUT2D eigenvalue weighted by Crippen LogP contribution is 2.49. The highest BCUT2D eigenvalue weighted by atomic mass is 31.2. The Labute approximate surface area is 205 Å². The lowest BCUT2D eigenvalue weighted by molar-refractivity contribution is -0.346. The number of carbonyl (C=O) groups excluding carboxylic acids is 1. The molecule has 15 heteroatoms. The summed E-state index contributed by atoms with van der Waals surface area (Å²) in [6.45, 7) is 4.19. The van der Waals surface area contributed by atoms with Crippen LogP contribution in [0.15, 0.2) is 46.1 Å². The van der Waals surface area contributed by atoms with Gasteiger partial charge in [-0.15, -0.1) is 0 Å². The molecule has 0 aliphatic carbocycles. The van der Waals surface area contributed by atoms with Gasteiger partial charge < -0.3 is 29.3 Å². The summed E-state index contributed by atoms with van der Waals surface area (Å²) in [5.74, 6) is -5.28. The first-order valence-corrected chi connectivity index (χ1v) is 12.5. The first kappa shape index (κ1) is 27.6. The van der Waals surface area contributed by atoms with Crippen molar-refractivity contribution in [1.82, 2.24) is 14.6 Å². The Hall–Kier alpha value is -3.00. The van der Waals surface area contributed by atoms with Crippen molar-refractivity contribution in [2.75, 3.05) is 6.54 Å². The van der Waals surface area contributed by atoms with E-state index in [1.807, 2.05) is 4.98 Å². The van der Waals surface area contributed by atoms with Crippen molar-refractivity contribution in [3.63, 3.8) is 0 Å². The van der Waals surface area contributed by atoms with E-state index in [1.54, 1.807) is 39.0 Å². The van der Waals surface area contributed by atoms with Gasteiger partial charge in [0.25, 0.3) is 5.56 Å². The summed E-state index contributed by atoms with van der Waals surface area (Å²) in [4.78, 5) is 37.5. The highest BCUT2D eigenvalue weighted by molar-refractivity contribution is 7.52. The SMILES string of the molecule is CC(C)OC(=O)CNP(=O)(Oc1ccccc1)OC(O)(O)C1CC(C)C(n2cc(O)c(=O)[nH]c2=O)O1. The lowest BCUT2D eigenvalue weighted by Crippen LogP contribution is -2.46. The summed E-state index contributed by atoms with van der Waals surface area (Å²) in [7, 11) is -4.63. The number of aromatic hydroxyl groups is 1. The third-order valence-electron chi connectivity index (χ3n) is 5.03. The lowest BCUT2D eigenvalue weighted by atomic mass is 10.0. The summed E-state index contributed by atoms with van der Waals surface area (Å²) >= 11 is 0. The molecule has 4 unspecified atom stereocenters. The molecule has 14 nitrogen and oxygen atoms in total. The number of H-pyrrole nitrogens is 1. The molecule has 3 rings (SSSR count). The quantitative estimate of drug-likeness (QED) is 0.163. The number of esters is 1. The predicted molar refractivity (Wildman–Crippen MR) is 123 cm³/mol. The van der Waals surface area contributed by atoms with Crippen LogP contribution in [-0.2, 0) is 23.4 Å². The number of benzene rings is 1. The maximum atomic E-state index is 13.4. The van der Waals surface area contributed by atoms with Crippen LogP contribution in [-0.4, -0.2) is 55.6 Å². The molecule has 5 N–H and O–H groups in total. The van der Waals surface area contributed by atoms with Crippen LogP contribution in [0, 0.1) is 5.92 Å². The molecule has 1 aliphatic rings. The van der Waals surface area contributed by atoms with Crippen LogP contribution in [0.5, 0.6) is 11.5 Å². The molecular formula is C21H28N3O11P. The Balaban J connectivity index is 1.81. The van der Waals surface area contributed by atoms with Crippen LogP contribution in [0.1, 0.15) is 33.4 Å². The van der Waals surface area contributed by atoms with Crippen LogP contribution in [0.4, 0.5) is 0 Å². The number of aromatic amines is 1. The molecule has 1 saturated heterocycles. The number of ether oxygens (including phenoxy) is 2. The van der Waals surface area contributed by atoms with Gasteiger partial charge in [0, 0.05) is 5.92 Å². The van der Waals surface area contributed by atoms with Crippen molar-refractivity contribution >= 4 is 13.7 Å². The summed E-state index contributed by atoms with van der Waals surface area (Å²) in [6, 6.07) is 7.67. The minimum Gasteiger partial charge on any atom is -0.502 e. The number of rotatable bonds is 10. The second-order valence-electron chi connectivity index (χ2n) is 8.43. The molecule has 1 aliphatic heterocycles. The van der Waals surface area contributed by atoms with Gasteiger partial charge in [-0.1, -0.05) is 25.1 Å². The zero-order valence-electron chi connectivity index (χ0n) is 19.7. The van der Waals surface area contributed by atoms with Gasteiger partial charge in [-0.2, -0.15) is 0 Å². The first-order valence-electron chi connectivity index (χ1n) is 10.9. The van der Waals surface area contributed by atoms with E-state index in [1.165, 1.54) is 12.1 Å². The molecule has 0 saturated carbocycles. The maximum absolute atomic E-state index is 13.4. The van der Waals surface area contributed by atoms with Crippen LogP contribution in [0.3, 0.4) is 0 Å². The maximum Gasteiger partial charge on any atom is 0.463 e. The van der Waals surface area contributed by atoms with Gasteiger partial charge in [-0.05, 0) is 32.4 Å². The van der Waals surface area contributed by atoms with E-state index >= 15 is 0 Å². The fourth-order valence-corrected chi connectivity index (χ4v) is 4.82. The molecule has 198 valence electrons. The summed E-state index contributed by atoms with van der Waals surface area (Å²) in [5, 5.41) is 33.3. The zero-order chi connectivity index (χ0) is 26.7. The van der Waals surface area contributed by atoms with Crippen molar-refractivity contribution in [3.8, 4) is 11.5 Å². The van der Waals surface area contributed by atoms with Crippen molar-refractivity contribution in [3.05, 3.63) is 57.4 Å². The zero-order valence-corrected chi connectivity index (χ0v) is 20.6. The number of hydrogen-bond acceptors (Lipinski definition) is 11. The average molecular weight is 529 g/mol. The van der Waals surface area contributed by atoms with Crippen molar-refractivity contribution in [1.29, 1.82) is 0 Å². The van der Waals surface area contributed by atoms with Gasteiger partial charge in [0.1, 0.15) is 24.6 Å². The first-order chi connectivity index (χ1) is 16.8. The summed E-state index contributed by atoms with van der Waals surface area (Å²) in [5.41, 5.74) is -1.90. The Bertz CT molecular complexity index is 1230. The molecule has 0 spiro atoms. The van der Waals surface area contributed by atoms with Gasteiger partial charge in [-0.25, -0.2) is 19.0 Å². The molecule has 2 aromatic rings. The molecule has 0 radical (unpaired) electrons. The fourth-order valence-electron chi connectivity index (χ4n) is 3.46. The van der Waals surface area contributed by atoms with Gasteiger partial charge in [-0.3, -0.25) is 19.1 Å². The largest absolute Gasteiger partial charge is 0.502 e. The van der Waals surface area contributed by atoms with E-state index in [0.717, 1.165) is 10.8 Å². The number of nitrogens with one attached hydrogen (secondary N) is 2. The molecule has 0 amide bonds. The Morgan fingerprint density at radius 2 is 1.97 bits per heavy atom. The second kappa shape index (κ2) is 10.9. The fraction of sp³-hybridized carbons (Fsp3) is 0.476. The highest BCUT2D eigenvalue weighted by Gasteiger charge is 2.51.